The van der Waals surface area contributed by atoms with Crippen molar-refractivity contribution in [1.29, 1.82) is 0 Å². The Morgan fingerprint density at radius 2 is 1.57 bits per heavy atom. The van der Waals surface area contributed by atoms with Crippen molar-refractivity contribution < 1.29 is 33.5 Å². The summed E-state index contributed by atoms with van der Waals surface area (Å²) in [5.41, 5.74) is 1.92. The second-order valence-corrected chi connectivity index (χ2v) is 7.22. The summed E-state index contributed by atoms with van der Waals surface area (Å²) in [5.74, 6) is 2.77. The van der Waals surface area contributed by atoms with Gasteiger partial charge in [0.2, 0.25) is 12.5 Å². The number of benzene rings is 2. The molecule has 7 heteroatoms. The van der Waals surface area contributed by atoms with Crippen LogP contribution in [-0.4, -0.2) is 39.3 Å². The van der Waals surface area contributed by atoms with E-state index >= 15 is 0 Å². The fourth-order valence-corrected chi connectivity index (χ4v) is 4.45. The van der Waals surface area contributed by atoms with Crippen LogP contribution in [0.4, 0.5) is 0 Å². The van der Waals surface area contributed by atoms with Crippen molar-refractivity contribution in [3.05, 3.63) is 41.5 Å². The van der Waals surface area contributed by atoms with E-state index in [2.05, 4.69) is 0 Å². The zero-order valence-corrected chi connectivity index (χ0v) is 15.7. The maximum absolute atomic E-state index is 10.3. The van der Waals surface area contributed by atoms with Gasteiger partial charge in [-0.1, -0.05) is 6.07 Å². The van der Waals surface area contributed by atoms with E-state index in [0.717, 1.165) is 22.6 Å². The number of methoxy groups -OCH3 is 2. The standard InChI is InChI=1S/C21H22O7/c1-23-18-7-12(5-15(22)21(18)24-2)20-14-9-25-19(13(14)8-26-20)11-3-4-16-17(6-11)28-10-27-16/h3-7,13-14,19-20,22H,8-10H2,1-2H3/t13-,14-,19+,20+/m0/s1. The number of hydrogen-bond acceptors (Lipinski definition) is 7. The molecule has 4 atom stereocenters. The first-order valence-electron chi connectivity index (χ1n) is 9.27. The van der Waals surface area contributed by atoms with Gasteiger partial charge in [-0.15, -0.1) is 0 Å². The summed E-state index contributed by atoms with van der Waals surface area (Å²) in [6, 6.07) is 9.48. The fourth-order valence-electron chi connectivity index (χ4n) is 4.45. The third kappa shape index (κ3) is 2.65. The second-order valence-electron chi connectivity index (χ2n) is 7.22. The van der Waals surface area contributed by atoms with E-state index in [9.17, 15) is 5.11 Å². The molecule has 5 rings (SSSR count). The molecule has 2 saturated heterocycles. The summed E-state index contributed by atoms with van der Waals surface area (Å²) in [4.78, 5) is 0. The maximum atomic E-state index is 10.3. The zero-order valence-electron chi connectivity index (χ0n) is 15.7. The highest BCUT2D eigenvalue weighted by Gasteiger charge is 2.48. The predicted molar refractivity (Wildman–Crippen MR) is 98.1 cm³/mol. The van der Waals surface area contributed by atoms with Crippen LogP contribution in [-0.2, 0) is 9.47 Å². The molecule has 0 bridgehead atoms. The summed E-state index contributed by atoms with van der Waals surface area (Å²) in [6.45, 7) is 1.43. The lowest BCUT2D eigenvalue weighted by Gasteiger charge is -2.19. The van der Waals surface area contributed by atoms with E-state index in [4.69, 9.17) is 28.4 Å². The van der Waals surface area contributed by atoms with Gasteiger partial charge in [0.05, 0.1) is 39.6 Å². The quantitative estimate of drug-likeness (QED) is 0.865. The highest BCUT2D eigenvalue weighted by molar-refractivity contribution is 5.53. The van der Waals surface area contributed by atoms with Gasteiger partial charge in [0, 0.05) is 11.8 Å². The lowest BCUT2D eigenvalue weighted by atomic mass is 9.85. The summed E-state index contributed by atoms with van der Waals surface area (Å²) < 4.78 is 33.8. The number of hydrogen-bond donors (Lipinski definition) is 1. The first kappa shape index (κ1) is 17.5. The van der Waals surface area contributed by atoms with Crippen molar-refractivity contribution in [2.75, 3.05) is 34.2 Å². The third-order valence-corrected chi connectivity index (χ3v) is 5.80. The SMILES string of the molecule is COc1cc([C@H]2OC[C@H]3[C@@H]2CO[C@@H]3c2ccc3c(c2)OCO3)cc(O)c1OC. The van der Waals surface area contributed by atoms with E-state index in [0.29, 0.717) is 24.7 Å². The van der Waals surface area contributed by atoms with Gasteiger partial charge in [0.1, 0.15) is 0 Å². The van der Waals surface area contributed by atoms with Crippen LogP contribution in [0.3, 0.4) is 0 Å². The monoisotopic (exact) mass is 386 g/mol. The molecule has 148 valence electrons. The molecule has 0 spiro atoms. The summed E-state index contributed by atoms with van der Waals surface area (Å²) in [7, 11) is 3.05. The van der Waals surface area contributed by atoms with Gasteiger partial charge in [-0.3, -0.25) is 0 Å². The Balaban J connectivity index is 1.41. The Hall–Kier alpha value is -2.64. The fraction of sp³-hybridized carbons (Fsp3) is 0.429. The van der Waals surface area contributed by atoms with Gasteiger partial charge in [-0.05, 0) is 35.4 Å². The number of ether oxygens (including phenoxy) is 6. The zero-order chi connectivity index (χ0) is 19.3. The van der Waals surface area contributed by atoms with Gasteiger partial charge in [0.25, 0.3) is 0 Å². The van der Waals surface area contributed by atoms with Crippen molar-refractivity contribution in [1.82, 2.24) is 0 Å². The Bertz CT molecular complexity index is 897. The van der Waals surface area contributed by atoms with E-state index in [1.165, 1.54) is 7.11 Å². The average molecular weight is 386 g/mol. The van der Waals surface area contributed by atoms with Crippen molar-refractivity contribution in [3.63, 3.8) is 0 Å². The van der Waals surface area contributed by atoms with Crippen LogP contribution in [0.5, 0.6) is 28.7 Å². The van der Waals surface area contributed by atoms with Crippen LogP contribution in [0.1, 0.15) is 23.3 Å². The minimum Gasteiger partial charge on any atom is -0.504 e. The third-order valence-electron chi connectivity index (χ3n) is 5.80. The molecular weight excluding hydrogens is 364 g/mol. The maximum Gasteiger partial charge on any atom is 0.231 e. The van der Waals surface area contributed by atoms with Crippen molar-refractivity contribution in [2.45, 2.75) is 12.2 Å². The van der Waals surface area contributed by atoms with Gasteiger partial charge in [-0.25, -0.2) is 0 Å². The molecule has 2 fully saturated rings. The van der Waals surface area contributed by atoms with E-state index < -0.39 is 0 Å². The number of phenols is 1. The van der Waals surface area contributed by atoms with Crippen molar-refractivity contribution in [2.24, 2.45) is 11.8 Å². The molecular formula is C21H22O7. The molecule has 1 N–H and O–H groups in total. The highest BCUT2D eigenvalue weighted by Crippen LogP contribution is 2.52. The van der Waals surface area contributed by atoms with Crippen LogP contribution in [0.25, 0.3) is 0 Å². The molecule has 3 aliphatic heterocycles. The van der Waals surface area contributed by atoms with Crippen LogP contribution in [0.2, 0.25) is 0 Å². The second kappa shape index (κ2) is 6.76. The van der Waals surface area contributed by atoms with Gasteiger partial charge in [-0.2, -0.15) is 0 Å². The number of rotatable bonds is 4. The van der Waals surface area contributed by atoms with E-state index in [-0.39, 0.29) is 36.6 Å². The Labute approximate surface area is 162 Å². The normalized spacial score (nSPS) is 27.6. The van der Waals surface area contributed by atoms with Crippen molar-refractivity contribution in [3.8, 4) is 28.7 Å². The van der Waals surface area contributed by atoms with Crippen LogP contribution in [0, 0.1) is 11.8 Å². The minimum absolute atomic E-state index is 0.0372. The number of phenolic OH excluding ortho intramolecular Hbond substituents is 1. The summed E-state index contributed by atoms with van der Waals surface area (Å²) in [5, 5.41) is 10.3. The number of aromatic hydroxyl groups is 1. The minimum atomic E-state index is -0.172. The molecule has 0 saturated carbocycles. The summed E-state index contributed by atoms with van der Waals surface area (Å²) in [6.07, 6.45) is -0.229. The molecule has 7 nitrogen and oxygen atoms in total. The molecule has 3 heterocycles. The van der Waals surface area contributed by atoms with Crippen molar-refractivity contribution >= 4 is 0 Å². The van der Waals surface area contributed by atoms with E-state index in [1.54, 1.807) is 13.2 Å². The molecule has 0 aliphatic carbocycles. The lowest BCUT2D eigenvalue weighted by Crippen LogP contribution is -2.14. The topological polar surface area (TPSA) is 75.6 Å². The molecule has 2 aromatic carbocycles. The average Bonchev–Trinajstić information content (AvgIpc) is 3.42. The Kier molecular flexibility index (Phi) is 4.21. The van der Waals surface area contributed by atoms with Crippen LogP contribution >= 0.6 is 0 Å². The Morgan fingerprint density at radius 3 is 2.29 bits per heavy atom. The molecule has 0 amide bonds. The summed E-state index contributed by atoms with van der Waals surface area (Å²) >= 11 is 0. The molecule has 0 aromatic heterocycles. The van der Waals surface area contributed by atoms with Crippen LogP contribution in [0.15, 0.2) is 30.3 Å². The molecule has 2 aromatic rings. The molecule has 0 radical (unpaired) electrons. The van der Waals surface area contributed by atoms with Crippen LogP contribution < -0.4 is 18.9 Å². The van der Waals surface area contributed by atoms with Gasteiger partial charge in [0.15, 0.2) is 23.0 Å². The first-order chi connectivity index (χ1) is 13.7. The molecule has 3 aliphatic rings. The first-order valence-corrected chi connectivity index (χ1v) is 9.27. The molecule has 28 heavy (non-hydrogen) atoms. The predicted octanol–water partition coefficient (Wildman–Crippen LogP) is 3.21. The number of fused-ring (bicyclic) bond motifs is 2. The van der Waals surface area contributed by atoms with Gasteiger partial charge < -0.3 is 33.5 Å². The lowest BCUT2D eigenvalue weighted by molar-refractivity contribution is 0.0191. The van der Waals surface area contributed by atoms with E-state index in [1.807, 2.05) is 24.3 Å². The largest absolute Gasteiger partial charge is 0.504 e. The highest BCUT2D eigenvalue weighted by atomic mass is 16.7. The van der Waals surface area contributed by atoms with Gasteiger partial charge >= 0.3 is 0 Å². The Morgan fingerprint density at radius 1 is 0.857 bits per heavy atom. The molecule has 0 unspecified atom stereocenters. The smallest absolute Gasteiger partial charge is 0.231 e.